The van der Waals surface area contributed by atoms with E-state index >= 15 is 0 Å². The number of nitrogens with zero attached hydrogens (tertiary/aromatic N) is 2. The van der Waals surface area contributed by atoms with Gasteiger partial charge in [-0.1, -0.05) is 0 Å². The van der Waals surface area contributed by atoms with Crippen molar-refractivity contribution < 1.29 is 25.0 Å². The molecule has 0 aromatic rings. The molecule has 0 N–H and O–H groups in total. The Morgan fingerprint density at radius 2 is 1.96 bits per heavy atom. The summed E-state index contributed by atoms with van der Waals surface area (Å²) in [7, 11) is 0.610. The van der Waals surface area contributed by atoms with Crippen molar-refractivity contribution in [2.75, 3.05) is 13.8 Å². The molecule has 0 radical (unpaired) electrons. The van der Waals surface area contributed by atoms with E-state index in [1.807, 2.05) is 6.66 Å². The second kappa shape index (κ2) is 8.89. The molecule has 2 rings (SSSR count). The largest absolute Gasteiger partial charge is 0.374 e. The molecule has 0 aromatic carbocycles. The lowest BCUT2D eigenvalue weighted by Crippen LogP contribution is -2.47. The van der Waals surface area contributed by atoms with Gasteiger partial charge in [-0.3, -0.25) is 19.2 Å². The highest BCUT2D eigenvalue weighted by Crippen LogP contribution is 2.45. The van der Waals surface area contributed by atoms with Crippen LogP contribution in [-0.4, -0.2) is 71.7 Å². The minimum Gasteiger partial charge on any atom is -0.374 e. The number of hydrogen-bond acceptors (Lipinski definition) is 6. The van der Waals surface area contributed by atoms with Gasteiger partial charge in [0.15, 0.2) is 12.0 Å². The molecule has 0 aromatic heterocycles. The van der Waals surface area contributed by atoms with Gasteiger partial charge in [0, 0.05) is 26.8 Å². The standard InChI is InChI=1S/C18H31N2O5P/c1-11(2)20(12(3)4)26(7)25-16-13(5)24-18(17(16)23-6)19-9-8-14(21)10-15(19)22/h8-9,11-13,16-18H,10H2,1-7H3/i5D. The fourth-order valence-electron chi connectivity index (χ4n) is 3.56. The van der Waals surface area contributed by atoms with Crippen molar-refractivity contribution in [1.82, 2.24) is 9.57 Å². The summed E-state index contributed by atoms with van der Waals surface area (Å²) >= 11 is 0. The van der Waals surface area contributed by atoms with Crippen LogP contribution < -0.4 is 0 Å². The maximum Gasteiger partial charge on any atom is 0.236 e. The number of amides is 1. The fraction of sp³-hybridized carbons (Fsp3) is 0.778. The molecular formula is C18H31N2O5P. The fourth-order valence-corrected chi connectivity index (χ4v) is 5.58. The first-order valence-electron chi connectivity index (χ1n) is 9.60. The minimum absolute atomic E-state index is 0.00175. The summed E-state index contributed by atoms with van der Waals surface area (Å²) in [6.45, 7) is 10.5. The predicted molar refractivity (Wildman–Crippen MR) is 101 cm³/mol. The monoisotopic (exact) mass is 387 g/mol. The van der Waals surface area contributed by atoms with E-state index in [1.54, 1.807) is 7.11 Å². The third kappa shape index (κ3) is 4.52. The van der Waals surface area contributed by atoms with Crippen molar-refractivity contribution in [2.45, 2.75) is 77.6 Å². The number of carbonyl (C=O) groups excluding carboxylic acids is 2. The molecule has 5 atom stereocenters. The molecular weight excluding hydrogens is 355 g/mol. The lowest BCUT2D eigenvalue weighted by atomic mass is 10.1. The van der Waals surface area contributed by atoms with Gasteiger partial charge in [-0.2, -0.15) is 0 Å². The zero-order valence-corrected chi connectivity index (χ0v) is 17.3. The molecule has 2 aliphatic heterocycles. The van der Waals surface area contributed by atoms with Crippen molar-refractivity contribution in [3.05, 3.63) is 12.3 Å². The van der Waals surface area contributed by atoms with E-state index < -0.39 is 32.8 Å². The highest BCUT2D eigenvalue weighted by Gasteiger charge is 2.49. The number of rotatable bonds is 7. The summed E-state index contributed by atoms with van der Waals surface area (Å²) in [5.74, 6) is -0.557. The Labute approximate surface area is 158 Å². The van der Waals surface area contributed by atoms with E-state index in [-0.39, 0.29) is 25.0 Å². The Balaban J connectivity index is 2.21. The first kappa shape index (κ1) is 19.9. The molecule has 0 bridgehead atoms. The predicted octanol–water partition coefficient (Wildman–Crippen LogP) is 2.51. The molecule has 0 saturated carbocycles. The van der Waals surface area contributed by atoms with Crippen LogP contribution in [0.5, 0.6) is 0 Å². The Bertz CT molecular complexity index is 566. The maximum absolute atomic E-state index is 12.3. The average molecular weight is 387 g/mol. The highest BCUT2D eigenvalue weighted by molar-refractivity contribution is 7.49. The van der Waals surface area contributed by atoms with Gasteiger partial charge in [0.1, 0.15) is 20.5 Å². The quantitative estimate of drug-likeness (QED) is 0.494. The van der Waals surface area contributed by atoms with Crippen molar-refractivity contribution in [1.29, 1.82) is 0 Å². The Kier molecular flexibility index (Phi) is 6.81. The minimum atomic E-state index is -0.939. The molecule has 1 saturated heterocycles. The van der Waals surface area contributed by atoms with E-state index in [1.165, 1.54) is 17.2 Å². The third-order valence-corrected chi connectivity index (χ3v) is 6.65. The van der Waals surface area contributed by atoms with Crippen molar-refractivity contribution >= 4 is 20.0 Å². The molecule has 7 nitrogen and oxygen atoms in total. The van der Waals surface area contributed by atoms with Gasteiger partial charge in [0.05, 0.1) is 12.5 Å². The van der Waals surface area contributed by atoms with Crippen LogP contribution in [0.2, 0.25) is 0 Å². The van der Waals surface area contributed by atoms with Gasteiger partial charge < -0.3 is 14.0 Å². The zero-order valence-electron chi connectivity index (χ0n) is 17.4. The molecule has 0 spiro atoms. The van der Waals surface area contributed by atoms with E-state index in [0.717, 1.165) is 0 Å². The molecule has 1 fully saturated rings. The molecule has 8 heteroatoms. The number of ketones is 1. The van der Waals surface area contributed by atoms with Crippen LogP contribution in [0.3, 0.4) is 0 Å². The topological polar surface area (TPSA) is 68.3 Å². The van der Waals surface area contributed by atoms with Crippen LogP contribution in [-0.2, 0) is 23.6 Å². The molecule has 148 valence electrons. The highest BCUT2D eigenvalue weighted by atomic mass is 31.2. The van der Waals surface area contributed by atoms with E-state index in [9.17, 15) is 9.59 Å². The van der Waals surface area contributed by atoms with Crippen LogP contribution in [0.1, 0.15) is 42.4 Å². The van der Waals surface area contributed by atoms with Crippen LogP contribution in [0, 0.1) is 0 Å². The average Bonchev–Trinajstić information content (AvgIpc) is 2.91. The molecule has 2 aliphatic rings. The number of allylic oxidation sites excluding steroid dienone is 1. The van der Waals surface area contributed by atoms with Gasteiger partial charge in [-0.25, -0.2) is 0 Å². The smallest absolute Gasteiger partial charge is 0.236 e. The molecule has 0 aliphatic carbocycles. The summed E-state index contributed by atoms with van der Waals surface area (Å²) in [5.41, 5.74) is 0. The first-order chi connectivity index (χ1) is 12.7. The van der Waals surface area contributed by atoms with Crippen molar-refractivity contribution in [3.63, 3.8) is 0 Å². The SMILES string of the molecule is [2H]CC1OC(N2C=CC(=O)CC2=O)C(OC)C1OP(C)N(C(C)C)C(C)C. The number of methoxy groups -OCH3 is 1. The van der Waals surface area contributed by atoms with Crippen LogP contribution in [0.25, 0.3) is 0 Å². The van der Waals surface area contributed by atoms with Crippen LogP contribution in [0.4, 0.5) is 0 Å². The van der Waals surface area contributed by atoms with Gasteiger partial charge in [-0.05, 0) is 47.3 Å². The summed E-state index contributed by atoms with van der Waals surface area (Å²) in [4.78, 5) is 25.1. The lowest BCUT2D eigenvalue weighted by molar-refractivity contribution is -0.148. The van der Waals surface area contributed by atoms with Crippen molar-refractivity contribution in [3.8, 4) is 0 Å². The number of ether oxygens (including phenoxy) is 2. The van der Waals surface area contributed by atoms with Gasteiger partial charge in [-0.15, -0.1) is 0 Å². The van der Waals surface area contributed by atoms with E-state index in [2.05, 4.69) is 32.4 Å². The summed E-state index contributed by atoms with van der Waals surface area (Å²) in [6.07, 6.45) is 0.414. The van der Waals surface area contributed by atoms with Crippen LogP contribution in [0.15, 0.2) is 12.3 Å². The summed E-state index contributed by atoms with van der Waals surface area (Å²) < 4.78 is 28.1. The molecule has 5 unspecified atom stereocenters. The normalized spacial score (nSPS) is 31.4. The first-order valence-corrected chi connectivity index (χ1v) is 10.6. The van der Waals surface area contributed by atoms with E-state index in [4.69, 9.17) is 15.4 Å². The number of carbonyl (C=O) groups is 2. The molecule has 26 heavy (non-hydrogen) atoms. The van der Waals surface area contributed by atoms with Gasteiger partial charge >= 0.3 is 0 Å². The van der Waals surface area contributed by atoms with Gasteiger partial charge in [0.25, 0.3) is 0 Å². The summed E-state index contributed by atoms with van der Waals surface area (Å²) in [6, 6.07) is 0.625. The Hall–Kier alpha value is -0.850. The molecule has 2 heterocycles. The second-order valence-electron chi connectivity index (χ2n) is 7.13. The second-order valence-corrected chi connectivity index (χ2v) is 8.73. The van der Waals surface area contributed by atoms with Crippen molar-refractivity contribution in [2.24, 2.45) is 0 Å². The zero-order chi connectivity index (χ0) is 20.3. The maximum atomic E-state index is 12.3. The van der Waals surface area contributed by atoms with Gasteiger partial charge in [0.2, 0.25) is 5.91 Å². The lowest BCUT2D eigenvalue weighted by Gasteiger charge is -2.38. The number of hydrogen-bond donors (Lipinski definition) is 0. The molecule has 1 amide bonds. The Morgan fingerprint density at radius 3 is 2.46 bits per heavy atom. The Morgan fingerprint density at radius 1 is 1.31 bits per heavy atom. The third-order valence-electron chi connectivity index (χ3n) is 4.52. The van der Waals surface area contributed by atoms with E-state index in [0.29, 0.717) is 12.1 Å². The summed E-state index contributed by atoms with van der Waals surface area (Å²) in [5, 5.41) is 0. The van der Waals surface area contributed by atoms with Crippen LogP contribution >= 0.6 is 8.30 Å².